The Hall–Kier alpha value is -2.35. The Bertz CT molecular complexity index is 733. The van der Waals surface area contributed by atoms with Gasteiger partial charge in [-0.25, -0.2) is 8.78 Å². The fourth-order valence-corrected chi connectivity index (χ4v) is 2.84. The summed E-state index contributed by atoms with van der Waals surface area (Å²) < 4.78 is 28.4. The molecule has 3 rings (SSSR count). The Labute approximate surface area is 138 Å². The van der Waals surface area contributed by atoms with Crippen molar-refractivity contribution in [2.24, 2.45) is 7.05 Å². The maximum atomic E-state index is 13.8. The van der Waals surface area contributed by atoms with Crippen molar-refractivity contribution in [1.82, 2.24) is 25.2 Å². The number of hydrogen-bond acceptors (Lipinski definition) is 4. The van der Waals surface area contributed by atoms with Gasteiger partial charge in [0.05, 0.1) is 17.9 Å². The minimum Gasteiger partial charge on any atom is -0.337 e. The summed E-state index contributed by atoms with van der Waals surface area (Å²) in [7, 11) is 1.79. The standard InChI is InChI=1S/C16H19F2N5O/c1-22-13(9-20-21-22)8-19-15-3-2-6-23(16(15)24)10-11-4-5-12(17)7-14(11)18/h4-5,7,9,15,19H,2-3,6,8,10H2,1H3/t15-/m1/s1. The highest BCUT2D eigenvalue weighted by atomic mass is 19.1. The number of amides is 1. The molecule has 1 aromatic carbocycles. The van der Waals surface area contributed by atoms with Crippen LogP contribution in [0.3, 0.4) is 0 Å². The number of aromatic nitrogens is 3. The van der Waals surface area contributed by atoms with Crippen LogP contribution < -0.4 is 5.32 Å². The van der Waals surface area contributed by atoms with E-state index in [9.17, 15) is 13.6 Å². The van der Waals surface area contributed by atoms with E-state index in [4.69, 9.17) is 0 Å². The average molecular weight is 335 g/mol. The normalized spacial score (nSPS) is 18.2. The van der Waals surface area contributed by atoms with E-state index < -0.39 is 11.6 Å². The monoisotopic (exact) mass is 335 g/mol. The molecular formula is C16H19F2N5O. The summed E-state index contributed by atoms with van der Waals surface area (Å²) in [5.41, 5.74) is 1.20. The average Bonchev–Trinajstić information content (AvgIpc) is 2.96. The fraction of sp³-hybridized carbons (Fsp3) is 0.438. The molecule has 1 amide bonds. The zero-order valence-electron chi connectivity index (χ0n) is 13.4. The lowest BCUT2D eigenvalue weighted by Crippen LogP contribution is -2.50. The van der Waals surface area contributed by atoms with E-state index in [0.29, 0.717) is 18.7 Å². The molecule has 24 heavy (non-hydrogen) atoms. The fourth-order valence-electron chi connectivity index (χ4n) is 2.84. The number of rotatable bonds is 5. The predicted octanol–water partition coefficient (Wildman–Crippen LogP) is 1.37. The van der Waals surface area contributed by atoms with Crippen LogP contribution in [0.4, 0.5) is 8.78 Å². The molecule has 1 N–H and O–H groups in total. The SMILES string of the molecule is Cn1nncc1CN[C@@H]1CCCN(Cc2ccc(F)cc2F)C1=O. The Morgan fingerprint density at radius 2 is 2.21 bits per heavy atom. The largest absolute Gasteiger partial charge is 0.337 e. The van der Waals surface area contributed by atoms with Gasteiger partial charge in [0.25, 0.3) is 0 Å². The number of nitrogens with one attached hydrogen (secondary N) is 1. The summed E-state index contributed by atoms with van der Waals surface area (Å²) in [4.78, 5) is 14.2. The van der Waals surface area contributed by atoms with Gasteiger partial charge in [0.2, 0.25) is 5.91 Å². The van der Waals surface area contributed by atoms with Crippen LogP contribution in [0, 0.1) is 11.6 Å². The third kappa shape index (κ3) is 3.59. The summed E-state index contributed by atoms with van der Waals surface area (Å²) in [5.74, 6) is -1.32. The zero-order chi connectivity index (χ0) is 17.1. The molecule has 8 heteroatoms. The van der Waals surface area contributed by atoms with Crippen molar-refractivity contribution < 1.29 is 13.6 Å². The number of likely N-dealkylation sites (tertiary alicyclic amines) is 1. The number of piperidine rings is 1. The highest BCUT2D eigenvalue weighted by Crippen LogP contribution is 2.18. The highest BCUT2D eigenvalue weighted by Gasteiger charge is 2.29. The number of hydrogen-bond donors (Lipinski definition) is 1. The first-order chi connectivity index (χ1) is 11.5. The van der Waals surface area contributed by atoms with Gasteiger partial charge in [0.15, 0.2) is 0 Å². The van der Waals surface area contributed by atoms with Crippen LogP contribution in [-0.2, 0) is 24.9 Å². The van der Waals surface area contributed by atoms with Gasteiger partial charge in [-0.1, -0.05) is 11.3 Å². The first kappa shape index (κ1) is 16.5. The molecular weight excluding hydrogens is 316 g/mol. The maximum Gasteiger partial charge on any atom is 0.240 e. The number of aryl methyl sites for hydroxylation is 1. The van der Waals surface area contributed by atoms with E-state index in [2.05, 4.69) is 15.6 Å². The van der Waals surface area contributed by atoms with Crippen LogP contribution in [0.5, 0.6) is 0 Å². The Morgan fingerprint density at radius 3 is 2.92 bits per heavy atom. The van der Waals surface area contributed by atoms with Crippen molar-refractivity contribution in [3.05, 3.63) is 47.3 Å². The highest BCUT2D eigenvalue weighted by molar-refractivity contribution is 5.82. The third-order valence-corrected chi connectivity index (χ3v) is 4.24. The molecule has 0 aliphatic carbocycles. The summed E-state index contributed by atoms with van der Waals surface area (Å²) in [6.07, 6.45) is 3.20. The Balaban J connectivity index is 1.63. The predicted molar refractivity (Wildman–Crippen MR) is 82.6 cm³/mol. The molecule has 128 valence electrons. The van der Waals surface area contributed by atoms with E-state index in [1.165, 1.54) is 12.1 Å². The van der Waals surface area contributed by atoms with Gasteiger partial charge >= 0.3 is 0 Å². The Kier molecular flexibility index (Phi) is 4.84. The number of carbonyl (C=O) groups excluding carboxylic acids is 1. The lowest BCUT2D eigenvalue weighted by molar-refractivity contribution is -0.136. The van der Waals surface area contributed by atoms with Crippen molar-refractivity contribution in [3.8, 4) is 0 Å². The van der Waals surface area contributed by atoms with Gasteiger partial charge in [-0.05, 0) is 18.9 Å². The van der Waals surface area contributed by atoms with Crippen LogP contribution in [0.1, 0.15) is 24.1 Å². The molecule has 0 saturated carbocycles. The van der Waals surface area contributed by atoms with Crippen LogP contribution in [0.15, 0.2) is 24.4 Å². The quantitative estimate of drug-likeness (QED) is 0.897. The number of carbonyl (C=O) groups is 1. The van der Waals surface area contributed by atoms with Crippen LogP contribution in [0.25, 0.3) is 0 Å². The minimum atomic E-state index is -0.626. The summed E-state index contributed by atoms with van der Waals surface area (Å²) in [5, 5.41) is 10.9. The molecule has 1 aromatic heterocycles. The van der Waals surface area contributed by atoms with E-state index in [1.54, 1.807) is 22.8 Å². The topological polar surface area (TPSA) is 63.1 Å². The molecule has 0 unspecified atom stereocenters. The number of benzene rings is 1. The van der Waals surface area contributed by atoms with Gasteiger partial charge in [-0.3, -0.25) is 9.48 Å². The van der Waals surface area contributed by atoms with Gasteiger partial charge in [0, 0.05) is 38.3 Å². The molecule has 0 bridgehead atoms. The van der Waals surface area contributed by atoms with Gasteiger partial charge in [-0.15, -0.1) is 5.10 Å². The van der Waals surface area contributed by atoms with E-state index >= 15 is 0 Å². The van der Waals surface area contributed by atoms with Crippen molar-refractivity contribution in [3.63, 3.8) is 0 Å². The second-order valence-electron chi connectivity index (χ2n) is 5.92. The van der Waals surface area contributed by atoms with E-state index in [1.807, 2.05) is 0 Å². The van der Waals surface area contributed by atoms with Gasteiger partial charge in [0.1, 0.15) is 11.6 Å². The smallest absolute Gasteiger partial charge is 0.240 e. The van der Waals surface area contributed by atoms with Crippen molar-refractivity contribution in [1.29, 1.82) is 0 Å². The third-order valence-electron chi connectivity index (χ3n) is 4.24. The second-order valence-corrected chi connectivity index (χ2v) is 5.92. The van der Waals surface area contributed by atoms with Crippen LogP contribution in [0.2, 0.25) is 0 Å². The molecule has 1 atom stereocenters. The van der Waals surface area contributed by atoms with Crippen molar-refractivity contribution in [2.45, 2.75) is 32.0 Å². The lowest BCUT2D eigenvalue weighted by Gasteiger charge is -2.33. The maximum absolute atomic E-state index is 13.8. The Morgan fingerprint density at radius 1 is 1.38 bits per heavy atom. The zero-order valence-corrected chi connectivity index (χ0v) is 13.4. The summed E-state index contributed by atoms with van der Waals surface area (Å²) in [6.45, 7) is 1.20. The molecule has 1 aliphatic heterocycles. The lowest BCUT2D eigenvalue weighted by atomic mass is 10.0. The molecule has 0 spiro atoms. The molecule has 1 saturated heterocycles. The molecule has 2 heterocycles. The first-order valence-electron chi connectivity index (χ1n) is 7.84. The molecule has 2 aromatic rings. The second kappa shape index (κ2) is 7.04. The number of halogens is 2. The first-order valence-corrected chi connectivity index (χ1v) is 7.84. The van der Waals surface area contributed by atoms with E-state index in [0.717, 1.165) is 24.6 Å². The van der Waals surface area contributed by atoms with Crippen LogP contribution in [-0.4, -0.2) is 38.4 Å². The summed E-state index contributed by atoms with van der Waals surface area (Å²) in [6, 6.07) is 3.11. The molecule has 1 fully saturated rings. The van der Waals surface area contributed by atoms with Crippen molar-refractivity contribution in [2.75, 3.05) is 6.54 Å². The van der Waals surface area contributed by atoms with E-state index in [-0.39, 0.29) is 18.5 Å². The molecule has 0 radical (unpaired) electrons. The number of nitrogens with zero attached hydrogens (tertiary/aromatic N) is 4. The minimum absolute atomic E-state index is 0.0693. The molecule has 1 aliphatic rings. The van der Waals surface area contributed by atoms with Crippen molar-refractivity contribution >= 4 is 5.91 Å². The molecule has 6 nitrogen and oxygen atoms in total. The van der Waals surface area contributed by atoms with Gasteiger partial charge in [-0.2, -0.15) is 0 Å². The van der Waals surface area contributed by atoms with Crippen LogP contribution >= 0.6 is 0 Å². The summed E-state index contributed by atoms with van der Waals surface area (Å²) >= 11 is 0. The van der Waals surface area contributed by atoms with Gasteiger partial charge < -0.3 is 10.2 Å².